The largest absolute Gasteiger partial charge is 0.417 e. The maximum absolute atomic E-state index is 13.2. The van der Waals surface area contributed by atoms with Gasteiger partial charge in [0.05, 0.1) is 16.7 Å². The molecule has 0 unspecified atom stereocenters. The number of ketones is 1. The number of hydrogen-bond donors (Lipinski definition) is 0. The van der Waals surface area contributed by atoms with E-state index in [1.54, 1.807) is 19.9 Å². The van der Waals surface area contributed by atoms with Gasteiger partial charge in [0.2, 0.25) is 0 Å². The Morgan fingerprint density at radius 2 is 1.93 bits per heavy atom. The van der Waals surface area contributed by atoms with Crippen molar-refractivity contribution in [3.05, 3.63) is 47.0 Å². The molecule has 1 spiro atoms. The molecule has 0 saturated carbocycles. The van der Waals surface area contributed by atoms with E-state index in [-0.39, 0.29) is 30.0 Å². The first-order valence-corrected chi connectivity index (χ1v) is 8.62. The molecule has 1 aliphatic carbocycles. The van der Waals surface area contributed by atoms with Crippen molar-refractivity contribution < 1.29 is 22.8 Å². The highest BCUT2D eigenvalue weighted by Gasteiger charge is 2.49. The third-order valence-electron chi connectivity index (χ3n) is 5.36. The number of allylic oxidation sites excluding steroid dienone is 1. The summed E-state index contributed by atoms with van der Waals surface area (Å²) in [6, 6.07) is 6.66. The third kappa shape index (κ3) is 3.36. The maximum Gasteiger partial charge on any atom is 0.417 e. The standard InChI is InChI=1S/C20H19F3N2O2/c1-18(2)11-19(9-13(10-24)16(18)26)7-8-25(12-19)17(27)14-5-3-4-6-15(14)20(21,22)23/h3-6,9H,7-8,11-12H2,1-2H3/t19-/m1/s1. The molecule has 0 aromatic heterocycles. The first-order valence-electron chi connectivity index (χ1n) is 8.62. The lowest BCUT2D eigenvalue weighted by atomic mass is 9.64. The highest BCUT2D eigenvalue weighted by atomic mass is 19.4. The van der Waals surface area contributed by atoms with Crippen LogP contribution in [-0.4, -0.2) is 29.7 Å². The molecular formula is C20H19F3N2O2. The first kappa shape index (κ1) is 19.2. The Balaban J connectivity index is 1.92. The lowest BCUT2D eigenvalue weighted by molar-refractivity contribution is -0.138. The van der Waals surface area contributed by atoms with Crippen LogP contribution in [0.25, 0.3) is 0 Å². The Labute approximate surface area is 155 Å². The molecule has 1 amide bonds. The Kier molecular flexibility index (Phi) is 4.41. The number of nitrogens with zero attached hydrogens (tertiary/aromatic N) is 2. The Bertz CT molecular complexity index is 880. The van der Waals surface area contributed by atoms with Crippen molar-refractivity contribution in [1.29, 1.82) is 5.26 Å². The van der Waals surface area contributed by atoms with Gasteiger partial charge in [0.15, 0.2) is 5.78 Å². The van der Waals surface area contributed by atoms with E-state index in [4.69, 9.17) is 0 Å². The molecule has 1 fully saturated rings. The fourth-order valence-corrected chi connectivity index (χ4v) is 4.25. The Morgan fingerprint density at radius 1 is 1.26 bits per heavy atom. The van der Waals surface area contributed by atoms with Crippen molar-refractivity contribution in [2.24, 2.45) is 10.8 Å². The van der Waals surface area contributed by atoms with Crippen LogP contribution in [-0.2, 0) is 11.0 Å². The zero-order chi connectivity index (χ0) is 20.0. The van der Waals surface area contributed by atoms with Crippen LogP contribution in [0.4, 0.5) is 13.2 Å². The molecule has 142 valence electrons. The molecule has 3 rings (SSSR count). The van der Waals surface area contributed by atoms with Gasteiger partial charge in [0.1, 0.15) is 6.07 Å². The SMILES string of the molecule is CC1(C)C[C@]2(C=C(C#N)C1=O)CCN(C(=O)c1ccccc1C(F)(F)F)C2. The van der Waals surface area contributed by atoms with Gasteiger partial charge >= 0.3 is 6.18 Å². The lowest BCUT2D eigenvalue weighted by Gasteiger charge is -2.38. The van der Waals surface area contributed by atoms with Crippen LogP contribution in [0.2, 0.25) is 0 Å². The molecule has 0 N–H and O–H groups in total. The molecule has 1 heterocycles. The van der Waals surface area contributed by atoms with Crippen LogP contribution in [0, 0.1) is 22.2 Å². The lowest BCUT2D eigenvalue weighted by Crippen LogP contribution is -2.41. The second kappa shape index (κ2) is 6.22. The van der Waals surface area contributed by atoms with Gasteiger partial charge in [-0.1, -0.05) is 32.1 Å². The van der Waals surface area contributed by atoms with Gasteiger partial charge in [-0.25, -0.2) is 0 Å². The fourth-order valence-electron chi connectivity index (χ4n) is 4.25. The van der Waals surface area contributed by atoms with E-state index in [2.05, 4.69) is 0 Å². The molecule has 0 bridgehead atoms. The number of rotatable bonds is 1. The summed E-state index contributed by atoms with van der Waals surface area (Å²) in [5, 5.41) is 9.27. The van der Waals surface area contributed by atoms with Gasteiger partial charge in [0.25, 0.3) is 5.91 Å². The van der Waals surface area contributed by atoms with Gasteiger partial charge in [0, 0.05) is 23.9 Å². The van der Waals surface area contributed by atoms with Crippen LogP contribution in [0.5, 0.6) is 0 Å². The van der Waals surface area contributed by atoms with Crippen molar-refractivity contribution in [2.45, 2.75) is 32.9 Å². The predicted molar refractivity (Wildman–Crippen MR) is 91.5 cm³/mol. The van der Waals surface area contributed by atoms with Crippen LogP contribution in [0.3, 0.4) is 0 Å². The summed E-state index contributed by atoms with van der Waals surface area (Å²) in [5.41, 5.74) is -2.58. The van der Waals surface area contributed by atoms with E-state index < -0.39 is 28.5 Å². The predicted octanol–water partition coefficient (Wildman–Crippen LogP) is 3.99. The number of alkyl halides is 3. The van der Waals surface area contributed by atoms with Gasteiger partial charge in [-0.2, -0.15) is 18.4 Å². The fraction of sp³-hybridized carbons (Fsp3) is 0.450. The van der Waals surface area contributed by atoms with Crippen LogP contribution < -0.4 is 0 Å². The molecule has 7 heteroatoms. The molecular weight excluding hydrogens is 357 g/mol. The van der Waals surface area contributed by atoms with Crippen molar-refractivity contribution in [3.8, 4) is 6.07 Å². The molecule has 0 radical (unpaired) electrons. The van der Waals surface area contributed by atoms with Crippen molar-refractivity contribution in [2.75, 3.05) is 13.1 Å². The number of carbonyl (C=O) groups excluding carboxylic acids is 2. The summed E-state index contributed by atoms with van der Waals surface area (Å²) in [6.07, 6.45) is -2.04. The number of likely N-dealkylation sites (tertiary alicyclic amines) is 1. The van der Waals surface area contributed by atoms with E-state index in [0.29, 0.717) is 12.8 Å². The highest BCUT2D eigenvalue weighted by molar-refractivity contribution is 6.04. The monoisotopic (exact) mass is 376 g/mol. The number of amides is 1. The number of hydrogen-bond acceptors (Lipinski definition) is 3. The summed E-state index contributed by atoms with van der Waals surface area (Å²) in [6.45, 7) is 3.99. The molecule has 2 aliphatic rings. The van der Waals surface area contributed by atoms with E-state index in [0.717, 1.165) is 6.07 Å². The van der Waals surface area contributed by atoms with Gasteiger partial charge in [-0.05, 0) is 25.0 Å². The number of Topliss-reactive ketones (excluding diaryl/α,β-unsaturated/α-hetero) is 1. The van der Waals surface area contributed by atoms with Gasteiger partial charge in [-0.15, -0.1) is 0 Å². The molecule has 4 nitrogen and oxygen atoms in total. The Morgan fingerprint density at radius 3 is 2.56 bits per heavy atom. The molecule has 1 atom stereocenters. The van der Waals surface area contributed by atoms with Crippen molar-refractivity contribution in [1.82, 2.24) is 4.90 Å². The smallest absolute Gasteiger partial charge is 0.338 e. The van der Waals surface area contributed by atoms with E-state index >= 15 is 0 Å². The number of benzene rings is 1. The van der Waals surface area contributed by atoms with Crippen LogP contribution >= 0.6 is 0 Å². The highest BCUT2D eigenvalue weighted by Crippen LogP contribution is 2.48. The summed E-state index contributed by atoms with van der Waals surface area (Å²) in [5.74, 6) is -0.913. The average molecular weight is 376 g/mol. The zero-order valence-corrected chi connectivity index (χ0v) is 15.1. The second-order valence-electron chi connectivity index (χ2n) is 7.94. The quantitative estimate of drug-likeness (QED) is 0.745. The van der Waals surface area contributed by atoms with E-state index in [9.17, 15) is 28.0 Å². The van der Waals surface area contributed by atoms with Crippen molar-refractivity contribution in [3.63, 3.8) is 0 Å². The average Bonchev–Trinajstić information content (AvgIpc) is 2.99. The molecule has 1 aromatic carbocycles. The second-order valence-corrected chi connectivity index (χ2v) is 7.94. The Hall–Kier alpha value is -2.62. The minimum absolute atomic E-state index is 0.0660. The zero-order valence-electron chi connectivity index (χ0n) is 15.1. The van der Waals surface area contributed by atoms with Crippen molar-refractivity contribution >= 4 is 11.7 Å². The minimum atomic E-state index is -4.61. The van der Waals surface area contributed by atoms with E-state index in [1.807, 2.05) is 6.07 Å². The number of nitriles is 1. The molecule has 1 saturated heterocycles. The summed E-state index contributed by atoms with van der Waals surface area (Å²) < 4.78 is 39.7. The minimum Gasteiger partial charge on any atom is -0.338 e. The number of halogens is 3. The van der Waals surface area contributed by atoms with Gasteiger partial charge < -0.3 is 4.90 Å². The van der Waals surface area contributed by atoms with Crippen LogP contribution in [0.1, 0.15) is 42.6 Å². The summed E-state index contributed by atoms with van der Waals surface area (Å²) in [4.78, 5) is 26.5. The molecule has 1 aliphatic heterocycles. The molecule has 27 heavy (non-hydrogen) atoms. The normalized spacial score (nSPS) is 24.7. The summed E-state index contributed by atoms with van der Waals surface area (Å²) >= 11 is 0. The molecule has 1 aromatic rings. The van der Waals surface area contributed by atoms with Gasteiger partial charge in [-0.3, -0.25) is 9.59 Å². The maximum atomic E-state index is 13.2. The van der Waals surface area contributed by atoms with E-state index in [1.165, 1.54) is 23.1 Å². The summed E-state index contributed by atoms with van der Waals surface area (Å²) in [7, 11) is 0. The topological polar surface area (TPSA) is 61.2 Å². The number of carbonyl (C=O) groups is 2. The first-order chi connectivity index (χ1) is 12.5. The third-order valence-corrected chi connectivity index (χ3v) is 5.36. The van der Waals surface area contributed by atoms with Crippen LogP contribution in [0.15, 0.2) is 35.9 Å².